The Morgan fingerprint density at radius 2 is 2.38 bits per heavy atom. The van der Waals surface area contributed by atoms with Crippen molar-refractivity contribution in [3.05, 3.63) is 0 Å². The van der Waals surface area contributed by atoms with Crippen LogP contribution in [0.3, 0.4) is 0 Å². The maximum atomic E-state index is 10.4. The van der Waals surface area contributed by atoms with Gasteiger partial charge >= 0.3 is 0 Å². The van der Waals surface area contributed by atoms with Crippen molar-refractivity contribution < 1.29 is 4.79 Å². The summed E-state index contributed by atoms with van der Waals surface area (Å²) in [6.07, 6.45) is 1.79. The van der Waals surface area contributed by atoms with Gasteiger partial charge in [-0.1, -0.05) is 0 Å². The van der Waals surface area contributed by atoms with Gasteiger partial charge < -0.3 is 5.73 Å². The van der Waals surface area contributed by atoms with Crippen LogP contribution in [0.5, 0.6) is 0 Å². The molecule has 0 aromatic carbocycles. The van der Waals surface area contributed by atoms with Crippen LogP contribution in [0.2, 0.25) is 0 Å². The highest BCUT2D eigenvalue weighted by molar-refractivity contribution is 5.86. The van der Waals surface area contributed by atoms with Gasteiger partial charge in [0, 0.05) is 18.9 Å². The molecule has 1 saturated carbocycles. The Balaban J connectivity index is 0.000000490. The molecule has 0 spiro atoms. The Morgan fingerprint density at radius 1 is 1.75 bits per heavy atom. The molecule has 1 atom stereocenters. The van der Waals surface area contributed by atoms with Crippen LogP contribution in [0.4, 0.5) is 0 Å². The number of hydrogen-bond donors (Lipinski definition) is 1. The number of ketones is 1. The third-order valence-corrected chi connectivity index (χ3v) is 1.48. The first-order valence-electron chi connectivity index (χ1n) is 2.57. The minimum absolute atomic E-state index is 0. The van der Waals surface area contributed by atoms with Gasteiger partial charge in [0.25, 0.3) is 0 Å². The van der Waals surface area contributed by atoms with Crippen molar-refractivity contribution in [2.24, 2.45) is 11.7 Å². The van der Waals surface area contributed by atoms with Crippen molar-refractivity contribution in [1.82, 2.24) is 0 Å². The second-order valence-corrected chi connectivity index (χ2v) is 1.94. The van der Waals surface area contributed by atoms with Gasteiger partial charge in [-0.25, -0.2) is 0 Å². The quantitative estimate of drug-likeness (QED) is 0.564. The molecule has 1 unspecified atom stereocenters. The van der Waals surface area contributed by atoms with Crippen molar-refractivity contribution in [2.75, 3.05) is 6.54 Å². The number of nitrogens with two attached hydrogens (primary N) is 1. The SMILES string of the molecule is Cl.NCC1CCC1=O. The van der Waals surface area contributed by atoms with Gasteiger partial charge in [-0.05, 0) is 6.42 Å². The van der Waals surface area contributed by atoms with Crippen molar-refractivity contribution in [3.63, 3.8) is 0 Å². The van der Waals surface area contributed by atoms with Gasteiger partial charge in [-0.2, -0.15) is 0 Å². The summed E-state index contributed by atoms with van der Waals surface area (Å²) in [5, 5.41) is 0. The summed E-state index contributed by atoms with van der Waals surface area (Å²) in [7, 11) is 0. The zero-order valence-electron chi connectivity index (χ0n) is 4.59. The van der Waals surface area contributed by atoms with E-state index in [2.05, 4.69) is 0 Å². The lowest BCUT2D eigenvalue weighted by atomic mass is 9.84. The van der Waals surface area contributed by atoms with Gasteiger partial charge in [0.2, 0.25) is 0 Å². The van der Waals surface area contributed by atoms with Gasteiger partial charge in [0.05, 0.1) is 0 Å². The molecule has 0 amide bonds. The number of Topliss-reactive ketones (excluding diaryl/α,β-unsaturated/α-hetero) is 1. The second kappa shape index (κ2) is 3.05. The third-order valence-electron chi connectivity index (χ3n) is 1.48. The van der Waals surface area contributed by atoms with Crippen LogP contribution in [-0.2, 0) is 4.79 Å². The first kappa shape index (κ1) is 7.92. The third kappa shape index (κ3) is 1.20. The molecule has 2 N–H and O–H groups in total. The molecule has 8 heavy (non-hydrogen) atoms. The molecule has 0 radical (unpaired) electrons. The van der Waals surface area contributed by atoms with Crippen molar-refractivity contribution in [3.8, 4) is 0 Å². The van der Waals surface area contributed by atoms with E-state index >= 15 is 0 Å². The fraction of sp³-hybridized carbons (Fsp3) is 0.800. The van der Waals surface area contributed by atoms with E-state index in [1.54, 1.807) is 0 Å². The standard InChI is InChI=1S/C5H9NO.ClH/c6-3-4-1-2-5(4)7;/h4H,1-3,6H2;1H. The maximum Gasteiger partial charge on any atom is 0.137 e. The largest absolute Gasteiger partial charge is 0.330 e. The molecular formula is C5H10ClNO. The van der Waals surface area contributed by atoms with Gasteiger partial charge in [-0.3, -0.25) is 4.79 Å². The zero-order chi connectivity index (χ0) is 5.28. The fourth-order valence-electron chi connectivity index (χ4n) is 0.716. The van der Waals surface area contributed by atoms with Crippen molar-refractivity contribution >= 4 is 18.2 Å². The Morgan fingerprint density at radius 3 is 2.38 bits per heavy atom. The molecule has 3 heteroatoms. The summed E-state index contributed by atoms with van der Waals surface area (Å²) >= 11 is 0. The van der Waals surface area contributed by atoms with E-state index in [0.717, 1.165) is 12.8 Å². The van der Waals surface area contributed by atoms with E-state index in [1.807, 2.05) is 0 Å². The average molecular weight is 136 g/mol. The summed E-state index contributed by atoms with van der Waals surface area (Å²) in [6, 6.07) is 0. The normalized spacial score (nSPS) is 26.1. The van der Waals surface area contributed by atoms with Crippen LogP contribution in [0.25, 0.3) is 0 Å². The smallest absolute Gasteiger partial charge is 0.137 e. The molecule has 0 bridgehead atoms. The van der Waals surface area contributed by atoms with Crippen molar-refractivity contribution in [1.29, 1.82) is 0 Å². The average Bonchev–Trinajstić information content (AvgIpc) is 1.65. The van der Waals surface area contributed by atoms with Crippen molar-refractivity contribution in [2.45, 2.75) is 12.8 Å². The number of hydrogen-bond acceptors (Lipinski definition) is 2. The zero-order valence-corrected chi connectivity index (χ0v) is 5.41. The molecule has 1 aliphatic carbocycles. The Labute approximate surface area is 54.8 Å². The summed E-state index contributed by atoms with van der Waals surface area (Å²) in [5.74, 6) is 0.572. The summed E-state index contributed by atoms with van der Waals surface area (Å²) in [6.45, 7) is 0.554. The summed E-state index contributed by atoms with van der Waals surface area (Å²) in [4.78, 5) is 10.4. The summed E-state index contributed by atoms with van der Waals surface area (Å²) < 4.78 is 0. The predicted octanol–water partition coefficient (Wildman–Crippen LogP) is 0.346. The van der Waals surface area contributed by atoms with Crippen LogP contribution in [-0.4, -0.2) is 12.3 Å². The molecule has 0 aliphatic heterocycles. The topological polar surface area (TPSA) is 43.1 Å². The van der Waals surface area contributed by atoms with Crippen LogP contribution >= 0.6 is 12.4 Å². The van der Waals surface area contributed by atoms with E-state index < -0.39 is 0 Å². The molecule has 2 nitrogen and oxygen atoms in total. The molecule has 1 fully saturated rings. The first-order chi connectivity index (χ1) is 3.34. The van der Waals surface area contributed by atoms with Gasteiger partial charge in [0.1, 0.15) is 5.78 Å². The molecule has 0 aromatic heterocycles. The maximum absolute atomic E-state index is 10.4. The lowest BCUT2D eigenvalue weighted by Gasteiger charge is -2.20. The molecule has 48 valence electrons. The van der Waals surface area contributed by atoms with E-state index in [-0.39, 0.29) is 18.3 Å². The molecular weight excluding hydrogens is 126 g/mol. The number of carbonyl (C=O) groups excluding carboxylic acids is 1. The molecule has 0 aromatic rings. The molecule has 1 rings (SSSR count). The van der Waals surface area contributed by atoms with E-state index in [0.29, 0.717) is 12.3 Å². The van der Waals surface area contributed by atoms with Gasteiger partial charge in [-0.15, -0.1) is 12.4 Å². The number of carbonyl (C=O) groups is 1. The first-order valence-corrected chi connectivity index (χ1v) is 2.57. The fourth-order valence-corrected chi connectivity index (χ4v) is 0.716. The molecule has 1 aliphatic rings. The van der Waals surface area contributed by atoms with Crippen LogP contribution in [0, 0.1) is 5.92 Å². The highest BCUT2D eigenvalue weighted by Gasteiger charge is 2.25. The minimum Gasteiger partial charge on any atom is -0.330 e. The lowest BCUT2D eigenvalue weighted by Crippen LogP contribution is -2.32. The minimum atomic E-state index is 0. The van der Waals surface area contributed by atoms with E-state index in [9.17, 15) is 4.79 Å². The Kier molecular flexibility index (Phi) is 3.02. The van der Waals surface area contributed by atoms with Crippen LogP contribution < -0.4 is 5.73 Å². The Bertz CT molecular complexity index is 92.4. The highest BCUT2D eigenvalue weighted by Crippen LogP contribution is 2.19. The second-order valence-electron chi connectivity index (χ2n) is 1.94. The number of halogens is 1. The van der Waals surface area contributed by atoms with E-state index in [4.69, 9.17) is 5.73 Å². The monoisotopic (exact) mass is 135 g/mol. The van der Waals surface area contributed by atoms with Crippen LogP contribution in [0.15, 0.2) is 0 Å². The van der Waals surface area contributed by atoms with Crippen LogP contribution in [0.1, 0.15) is 12.8 Å². The lowest BCUT2D eigenvalue weighted by molar-refractivity contribution is -0.128. The summed E-state index contributed by atoms with van der Waals surface area (Å²) in [5.41, 5.74) is 5.20. The van der Waals surface area contributed by atoms with E-state index in [1.165, 1.54) is 0 Å². The number of rotatable bonds is 1. The Hall–Kier alpha value is -0.0800. The molecule has 0 heterocycles. The predicted molar refractivity (Wildman–Crippen MR) is 34.0 cm³/mol. The molecule has 0 saturated heterocycles. The van der Waals surface area contributed by atoms with Gasteiger partial charge in [0.15, 0.2) is 0 Å². The highest BCUT2D eigenvalue weighted by atomic mass is 35.5.